The molecule has 134 valence electrons. The minimum absolute atomic E-state index is 0.00949. The number of fused-ring (bicyclic) bond motifs is 1. The van der Waals surface area contributed by atoms with Gasteiger partial charge in [0, 0.05) is 36.6 Å². The van der Waals surface area contributed by atoms with Gasteiger partial charge in [0.2, 0.25) is 11.9 Å². The molecule has 0 bridgehead atoms. The molecule has 0 fully saturated rings. The predicted molar refractivity (Wildman–Crippen MR) is 99.9 cm³/mol. The van der Waals surface area contributed by atoms with Crippen molar-refractivity contribution in [2.75, 3.05) is 11.4 Å². The second-order valence-corrected chi connectivity index (χ2v) is 7.27. The number of amides is 1. The molecule has 0 saturated heterocycles. The highest BCUT2D eigenvalue weighted by atomic mass is 32.1. The Morgan fingerprint density at radius 2 is 2.15 bits per heavy atom. The summed E-state index contributed by atoms with van der Waals surface area (Å²) in [5.41, 5.74) is 0.798. The van der Waals surface area contributed by atoms with E-state index in [1.807, 2.05) is 29.8 Å². The highest BCUT2D eigenvalue weighted by molar-refractivity contribution is 7.09. The average Bonchev–Trinajstić information content (AvgIpc) is 3.31. The molecule has 1 amide bonds. The van der Waals surface area contributed by atoms with Crippen molar-refractivity contribution in [1.29, 1.82) is 0 Å². The third-order valence-corrected chi connectivity index (χ3v) is 5.35. The van der Waals surface area contributed by atoms with Gasteiger partial charge in [-0.3, -0.25) is 4.79 Å². The molecule has 0 aliphatic carbocycles. The van der Waals surface area contributed by atoms with E-state index >= 15 is 0 Å². The Balaban J connectivity index is 1.43. The van der Waals surface area contributed by atoms with Crippen LogP contribution in [0.25, 0.3) is 0 Å². The zero-order valence-electron chi connectivity index (χ0n) is 14.5. The molecule has 7 nitrogen and oxygen atoms in total. The van der Waals surface area contributed by atoms with Gasteiger partial charge < -0.3 is 14.8 Å². The number of nitrogens with zero attached hydrogens (tertiary/aromatic N) is 5. The van der Waals surface area contributed by atoms with Gasteiger partial charge in [0.25, 0.3) is 0 Å². The minimum Gasteiger partial charge on any atom is -0.351 e. The van der Waals surface area contributed by atoms with Crippen molar-refractivity contribution in [3.8, 4) is 0 Å². The van der Waals surface area contributed by atoms with Crippen LogP contribution in [0.15, 0.2) is 42.2 Å². The highest BCUT2D eigenvalue weighted by Gasteiger charge is 2.28. The zero-order valence-corrected chi connectivity index (χ0v) is 15.3. The van der Waals surface area contributed by atoms with E-state index < -0.39 is 0 Å². The summed E-state index contributed by atoms with van der Waals surface area (Å²) in [6.07, 6.45) is 5.78. The second-order valence-electron chi connectivity index (χ2n) is 6.23. The lowest BCUT2D eigenvalue weighted by Crippen LogP contribution is -2.37. The van der Waals surface area contributed by atoms with E-state index in [1.54, 1.807) is 23.7 Å². The molecule has 1 aliphatic heterocycles. The lowest BCUT2D eigenvalue weighted by atomic mass is 10.2. The Labute approximate surface area is 155 Å². The first-order valence-electron chi connectivity index (χ1n) is 8.59. The lowest BCUT2D eigenvalue weighted by Gasteiger charge is -2.33. The summed E-state index contributed by atoms with van der Waals surface area (Å²) in [6, 6.07) is 5.88. The normalized spacial score (nSPS) is 16.3. The third-order valence-electron chi connectivity index (χ3n) is 4.47. The average molecular weight is 368 g/mol. The largest absolute Gasteiger partial charge is 0.351 e. The zero-order chi connectivity index (χ0) is 17.9. The van der Waals surface area contributed by atoms with E-state index in [-0.39, 0.29) is 11.9 Å². The van der Waals surface area contributed by atoms with Gasteiger partial charge in [0.1, 0.15) is 5.82 Å². The molecule has 1 aliphatic rings. The first-order valence-corrected chi connectivity index (χ1v) is 9.47. The van der Waals surface area contributed by atoms with Gasteiger partial charge in [-0.2, -0.15) is 0 Å². The van der Waals surface area contributed by atoms with Crippen molar-refractivity contribution in [3.63, 3.8) is 0 Å². The molecule has 8 heteroatoms. The number of hydrogen-bond donors (Lipinski definition) is 1. The summed E-state index contributed by atoms with van der Waals surface area (Å²) in [5, 5.41) is 4.96. The molecule has 4 heterocycles. The minimum atomic E-state index is -0.00949. The van der Waals surface area contributed by atoms with E-state index in [2.05, 4.69) is 31.7 Å². The van der Waals surface area contributed by atoms with Gasteiger partial charge >= 0.3 is 0 Å². The smallest absolute Gasteiger partial charge is 0.226 e. The van der Waals surface area contributed by atoms with Crippen LogP contribution >= 0.6 is 11.3 Å². The Morgan fingerprint density at radius 3 is 2.92 bits per heavy atom. The third kappa shape index (κ3) is 3.45. The monoisotopic (exact) mass is 368 g/mol. The van der Waals surface area contributed by atoms with Gasteiger partial charge in [-0.15, -0.1) is 11.3 Å². The maximum Gasteiger partial charge on any atom is 0.226 e. The topological polar surface area (TPSA) is 75.9 Å². The van der Waals surface area contributed by atoms with Crippen LogP contribution in [0.3, 0.4) is 0 Å². The van der Waals surface area contributed by atoms with Crippen molar-refractivity contribution in [3.05, 3.63) is 58.6 Å². The number of carbonyl (C=O) groups excluding carboxylic acids is 1. The highest BCUT2D eigenvalue weighted by Crippen LogP contribution is 2.27. The summed E-state index contributed by atoms with van der Waals surface area (Å²) >= 11 is 1.64. The number of thiophene rings is 1. The van der Waals surface area contributed by atoms with Crippen LogP contribution in [0.4, 0.5) is 5.95 Å². The standard InChI is InChI=1S/C18H20N6OS/c1-13-17-22-14(10-16(25)21-11-15-4-2-9-26-15)12-23(17)7-8-24(13)18-19-5-3-6-20-18/h2-6,9,12-13H,7-8,10-11H2,1H3,(H,21,25)/t13-/m1/s1. The Hall–Kier alpha value is -2.74. The van der Waals surface area contributed by atoms with Crippen molar-refractivity contribution in [2.45, 2.75) is 32.5 Å². The van der Waals surface area contributed by atoms with E-state index in [1.165, 1.54) is 0 Å². The van der Waals surface area contributed by atoms with Crippen molar-refractivity contribution in [2.24, 2.45) is 0 Å². The van der Waals surface area contributed by atoms with Crippen molar-refractivity contribution in [1.82, 2.24) is 24.8 Å². The molecule has 3 aromatic heterocycles. The molecule has 1 N–H and O–H groups in total. The first-order chi connectivity index (χ1) is 12.7. The molecule has 0 saturated carbocycles. The van der Waals surface area contributed by atoms with Crippen LogP contribution in [0.1, 0.15) is 29.4 Å². The van der Waals surface area contributed by atoms with Crippen LogP contribution in [0, 0.1) is 0 Å². The molecule has 0 aromatic carbocycles. The molecule has 3 aromatic rings. The lowest BCUT2D eigenvalue weighted by molar-refractivity contribution is -0.120. The number of nitrogens with one attached hydrogen (secondary N) is 1. The van der Waals surface area contributed by atoms with Gasteiger partial charge in [0.05, 0.1) is 24.7 Å². The number of anilines is 1. The summed E-state index contributed by atoms with van der Waals surface area (Å²) in [7, 11) is 0. The van der Waals surface area contributed by atoms with E-state index in [0.717, 1.165) is 29.5 Å². The number of hydrogen-bond acceptors (Lipinski definition) is 6. The Kier molecular flexibility index (Phi) is 4.66. The molecule has 26 heavy (non-hydrogen) atoms. The van der Waals surface area contributed by atoms with Crippen LogP contribution in [-0.2, 0) is 24.3 Å². The van der Waals surface area contributed by atoms with E-state index in [0.29, 0.717) is 18.9 Å². The Bertz CT molecular complexity index is 876. The van der Waals surface area contributed by atoms with Crippen LogP contribution in [-0.4, -0.2) is 32.0 Å². The van der Waals surface area contributed by atoms with Crippen molar-refractivity contribution < 1.29 is 4.79 Å². The quantitative estimate of drug-likeness (QED) is 0.747. The van der Waals surface area contributed by atoms with Crippen molar-refractivity contribution >= 4 is 23.2 Å². The SMILES string of the molecule is C[C@@H]1c2nc(CC(=O)NCc3cccs3)cn2CCN1c1ncccn1. The van der Waals surface area contributed by atoms with Gasteiger partial charge in [-0.25, -0.2) is 15.0 Å². The van der Waals surface area contributed by atoms with Crippen LogP contribution in [0.2, 0.25) is 0 Å². The molecule has 0 spiro atoms. The molecule has 4 rings (SSSR count). The molecule has 0 radical (unpaired) electrons. The summed E-state index contributed by atoms with van der Waals surface area (Å²) in [5.74, 6) is 1.65. The summed E-state index contributed by atoms with van der Waals surface area (Å²) < 4.78 is 2.13. The molecular formula is C18H20N6OS. The summed E-state index contributed by atoms with van der Waals surface area (Å²) in [6.45, 7) is 4.29. The maximum absolute atomic E-state index is 12.2. The Morgan fingerprint density at radius 1 is 1.31 bits per heavy atom. The number of carbonyl (C=O) groups is 1. The number of rotatable bonds is 5. The molecule has 1 atom stereocenters. The van der Waals surface area contributed by atoms with Crippen LogP contribution in [0.5, 0.6) is 0 Å². The van der Waals surface area contributed by atoms with Gasteiger partial charge in [-0.1, -0.05) is 6.07 Å². The fourth-order valence-electron chi connectivity index (χ4n) is 3.17. The number of aromatic nitrogens is 4. The van der Waals surface area contributed by atoms with Crippen LogP contribution < -0.4 is 10.2 Å². The second kappa shape index (κ2) is 7.25. The molecular weight excluding hydrogens is 348 g/mol. The maximum atomic E-state index is 12.2. The fourth-order valence-corrected chi connectivity index (χ4v) is 3.82. The fraction of sp³-hybridized carbons (Fsp3) is 0.333. The van der Waals surface area contributed by atoms with E-state index in [9.17, 15) is 4.79 Å². The number of imidazole rings is 1. The first kappa shape index (κ1) is 16.7. The molecule has 0 unspecified atom stereocenters. The van der Waals surface area contributed by atoms with E-state index in [4.69, 9.17) is 4.98 Å². The van der Waals surface area contributed by atoms with Gasteiger partial charge in [0.15, 0.2) is 0 Å². The summed E-state index contributed by atoms with van der Waals surface area (Å²) in [4.78, 5) is 28.9. The predicted octanol–water partition coefficient (Wildman–Crippen LogP) is 2.17. The van der Waals surface area contributed by atoms with Gasteiger partial charge in [-0.05, 0) is 24.4 Å².